The second kappa shape index (κ2) is 9.43. The smallest absolute Gasteiger partial charge is 0.410 e. The lowest BCUT2D eigenvalue weighted by molar-refractivity contribution is -0.149. The van der Waals surface area contributed by atoms with Gasteiger partial charge < -0.3 is 9.47 Å². The third-order valence-corrected chi connectivity index (χ3v) is 6.34. The molecule has 1 aliphatic heterocycles. The van der Waals surface area contributed by atoms with Crippen LogP contribution in [0.1, 0.15) is 37.0 Å². The normalized spacial score (nSPS) is 21.6. The van der Waals surface area contributed by atoms with Crippen LogP contribution < -0.4 is 0 Å². The number of carbonyl (C=O) groups excluding carboxylic acids is 2. The number of likely N-dealkylation sites (tertiary alicyclic amines) is 1. The highest BCUT2D eigenvalue weighted by Crippen LogP contribution is 2.47. The Balaban J connectivity index is 1.53. The van der Waals surface area contributed by atoms with Gasteiger partial charge >= 0.3 is 12.1 Å². The first-order valence-electron chi connectivity index (χ1n) is 11.1. The molecule has 0 unspecified atom stereocenters. The Morgan fingerprint density at radius 1 is 1.06 bits per heavy atom. The number of fused-ring (bicyclic) bond motifs is 1. The molecule has 0 spiro atoms. The lowest BCUT2D eigenvalue weighted by Crippen LogP contribution is -2.44. The molecular weight excluding hydrogens is 402 g/mol. The Hall–Kier alpha value is -3.34. The molecule has 4 rings (SSSR count). The number of allylic oxidation sites excluding steroid dienone is 2. The summed E-state index contributed by atoms with van der Waals surface area (Å²) in [5.74, 6) is -0.289. The molecule has 3 atom stereocenters. The summed E-state index contributed by atoms with van der Waals surface area (Å²) in [6.07, 6.45) is 2.45. The highest BCUT2D eigenvalue weighted by atomic mass is 16.6. The van der Waals surface area contributed by atoms with Gasteiger partial charge in [-0.05, 0) is 42.5 Å². The molecule has 2 aromatic carbocycles. The number of hydrogen-bond acceptors (Lipinski definition) is 4. The van der Waals surface area contributed by atoms with Gasteiger partial charge in [0.05, 0.1) is 6.61 Å². The zero-order chi connectivity index (χ0) is 22.7. The summed E-state index contributed by atoms with van der Waals surface area (Å²) in [5.41, 5.74) is 5.32. The second-order valence-corrected chi connectivity index (χ2v) is 8.41. The van der Waals surface area contributed by atoms with E-state index in [-0.39, 0.29) is 31.0 Å². The SMILES string of the molecule is C=C(C)c1ccc(C2=CC[C@H]3[C@@H]2CN(C(=O)OCc2ccccc2)[C@@H]3C(=O)OCC)cc1. The summed E-state index contributed by atoms with van der Waals surface area (Å²) in [5, 5.41) is 0. The quantitative estimate of drug-likeness (QED) is 0.581. The summed E-state index contributed by atoms with van der Waals surface area (Å²) in [7, 11) is 0. The molecule has 0 aromatic heterocycles. The molecule has 1 amide bonds. The van der Waals surface area contributed by atoms with E-state index in [0.717, 1.165) is 28.7 Å². The van der Waals surface area contributed by atoms with Crippen molar-refractivity contribution < 1.29 is 19.1 Å². The van der Waals surface area contributed by atoms with E-state index in [1.54, 1.807) is 11.8 Å². The van der Waals surface area contributed by atoms with Crippen molar-refractivity contribution in [1.82, 2.24) is 4.90 Å². The summed E-state index contributed by atoms with van der Waals surface area (Å²) in [6, 6.07) is 17.2. The third-order valence-electron chi connectivity index (χ3n) is 6.34. The van der Waals surface area contributed by atoms with Crippen LogP contribution in [0.25, 0.3) is 11.1 Å². The van der Waals surface area contributed by atoms with E-state index < -0.39 is 12.1 Å². The minimum Gasteiger partial charge on any atom is -0.464 e. The Labute approximate surface area is 189 Å². The number of rotatable bonds is 6. The topological polar surface area (TPSA) is 55.8 Å². The molecule has 166 valence electrons. The van der Waals surface area contributed by atoms with Crippen LogP contribution in [-0.2, 0) is 20.9 Å². The summed E-state index contributed by atoms with van der Waals surface area (Å²) < 4.78 is 10.9. The number of ether oxygens (including phenoxy) is 2. The maximum atomic E-state index is 13.0. The maximum absolute atomic E-state index is 13.0. The fourth-order valence-corrected chi connectivity index (χ4v) is 4.75. The molecule has 0 radical (unpaired) electrons. The van der Waals surface area contributed by atoms with Gasteiger partial charge in [0.15, 0.2) is 0 Å². The van der Waals surface area contributed by atoms with E-state index in [1.807, 2.05) is 37.3 Å². The molecule has 1 saturated heterocycles. The van der Waals surface area contributed by atoms with Gasteiger partial charge in [-0.25, -0.2) is 9.59 Å². The molecule has 2 aromatic rings. The molecule has 5 nitrogen and oxygen atoms in total. The molecule has 0 N–H and O–H groups in total. The Morgan fingerprint density at radius 3 is 2.44 bits per heavy atom. The van der Waals surface area contributed by atoms with Crippen LogP contribution in [0.4, 0.5) is 4.79 Å². The standard InChI is InChI=1S/C27H29NO4/c1-4-31-26(29)25-23-15-14-22(21-12-10-20(11-13-21)18(2)3)24(23)16-28(25)27(30)32-17-19-8-6-5-7-9-19/h5-14,23-25H,2,4,15-17H2,1,3H3/t23-,24+,25-/m0/s1. The fourth-order valence-electron chi connectivity index (χ4n) is 4.75. The summed E-state index contributed by atoms with van der Waals surface area (Å²) in [4.78, 5) is 27.4. The predicted octanol–water partition coefficient (Wildman–Crippen LogP) is 5.32. The van der Waals surface area contributed by atoms with Crippen LogP contribution in [0.3, 0.4) is 0 Å². The molecule has 1 fully saturated rings. The fraction of sp³-hybridized carbons (Fsp3) is 0.333. The monoisotopic (exact) mass is 431 g/mol. The lowest BCUT2D eigenvalue weighted by Gasteiger charge is -2.25. The number of carbonyl (C=O) groups is 2. The van der Waals surface area contributed by atoms with Crippen molar-refractivity contribution in [3.8, 4) is 0 Å². The third kappa shape index (κ3) is 4.33. The largest absolute Gasteiger partial charge is 0.464 e. The number of esters is 1. The minimum atomic E-state index is -0.633. The van der Waals surface area contributed by atoms with Crippen molar-refractivity contribution >= 4 is 23.2 Å². The predicted molar refractivity (Wildman–Crippen MR) is 124 cm³/mol. The number of nitrogens with zero attached hydrogens (tertiary/aromatic N) is 1. The Bertz CT molecular complexity index is 1030. The van der Waals surface area contributed by atoms with Crippen LogP contribution in [0.2, 0.25) is 0 Å². The minimum absolute atomic E-state index is 0.00542. The van der Waals surface area contributed by atoms with E-state index in [9.17, 15) is 9.59 Å². The van der Waals surface area contributed by atoms with Gasteiger partial charge in [0, 0.05) is 18.4 Å². The maximum Gasteiger partial charge on any atom is 0.410 e. The van der Waals surface area contributed by atoms with Gasteiger partial charge in [0.25, 0.3) is 0 Å². The van der Waals surface area contributed by atoms with E-state index >= 15 is 0 Å². The first-order chi connectivity index (χ1) is 15.5. The van der Waals surface area contributed by atoms with Crippen molar-refractivity contribution in [2.24, 2.45) is 11.8 Å². The van der Waals surface area contributed by atoms with E-state index in [4.69, 9.17) is 9.47 Å². The van der Waals surface area contributed by atoms with Crippen LogP contribution in [0.15, 0.2) is 67.3 Å². The van der Waals surface area contributed by atoms with Gasteiger partial charge in [-0.15, -0.1) is 0 Å². The van der Waals surface area contributed by atoms with Gasteiger partial charge in [-0.1, -0.05) is 72.8 Å². The average Bonchev–Trinajstić information content (AvgIpc) is 3.38. The van der Waals surface area contributed by atoms with Crippen LogP contribution in [0.5, 0.6) is 0 Å². The Kier molecular flexibility index (Phi) is 6.45. The molecule has 0 bridgehead atoms. The summed E-state index contributed by atoms with van der Waals surface area (Å²) >= 11 is 0. The highest BCUT2D eigenvalue weighted by molar-refractivity contribution is 5.85. The van der Waals surface area contributed by atoms with E-state index in [1.165, 1.54) is 5.57 Å². The first kappa shape index (κ1) is 21.9. The van der Waals surface area contributed by atoms with E-state index in [2.05, 4.69) is 36.9 Å². The number of hydrogen-bond donors (Lipinski definition) is 0. The first-order valence-corrected chi connectivity index (χ1v) is 11.1. The van der Waals surface area contributed by atoms with Gasteiger partial charge in [-0.2, -0.15) is 0 Å². The van der Waals surface area contributed by atoms with Gasteiger partial charge in [0.2, 0.25) is 0 Å². The molecule has 2 aliphatic rings. The molecule has 0 saturated carbocycles. The zero-order valence-corrected chi connectivity index (χ0v) is 18.6. The van der Waals surface area contributed by atoms with Crippen molar-refractivity contribution in [2.45, 2.75) is 32.9 Å². The molecule has 1 heterocycles. The van der Waals surface area contributed by atoms with Crippen LogP contribution in [-0.4, -0.2) is 36.2 Å². The summed E-state index contributed by atoms with van der Waals surface area (Å²) in [6.45, 7) is 8.66. The number of amides is 1. The molecule has 5 heteroatoms. The van der Waals surface area contributed by atoms with Crippen molar-refractivity contribution in [3.05, 3.63) is 83.9 Å². The molecular formula is C27H29NO4. The number of benzene rings is 2. The van der Waals surface area contributed by atoms with Crippen molar-refractivity contribution in [1.29, 1.82) is 0 Å². The van der Waals surface area contributed by atoms with Gasteiger partial charge in [0.1, 0.15) is 12.6 Å². The average molecular weight is 432 g/mol. The zero-order valence-electron chi connectivity index (χ0n) is 18.6. The van der Waals surface area contributed by atoms with E-state index in [0.29, 0.717) is 6.54 Å². The van der Waals surface area contributed by atoms with Crippen molar-refractivity contribution in [3.63, 3.8) is 0 Å². The van der Waals surface area contributed by atoms with Crippen LogP contribution in [0, 0.1) is 11.8 Å². The van der Waals surface area contributed by atoms with Gasteiger partial charge in [-0.3, -0.25) is 4.90 Å². The molecule has 32 heavy (non-hydrogen) atoms. The van der Waals surface area contributed by atoms with Crippen LogP contribution >= 0.6 is 0 Å². The molecule has 1 aliphatic carbocycles. The Morgan fingerprint density at radius 2 is 1.78 bits per heavy atom. The lowest BCUT2D eigenvalue weighted by atomic mass is 9.87. The van der Waals surface area contributed by atoms with Crippen molar-refractivity contribution in [2.75, 3.05) is 13.2 Å². The second-order valence-electron chi connectivity index (χ2n) is 8.41. The highest BCUT2D eigenvalue weighted by Gasteiger charge is 2.52.